The maximum Gasteiger partial charge on any atom is 0.330 e. The second kappa shape index (κ2) is 5.18. The summed E-state index contributed by atoms with van der Waals surface area (Å²) in [6, 6.07) is 0. The molecule has 0 aliphatic carbocycles. The molecule has 0 radical (unpaired) electrons. The van der Waals surface area contributed by atoms with Crippen molar-refractivity contribution in [1.29, 1.82) is 0 Å². The van der Waals surface area contributed by atoms with Gasteiger partial charge in [0.2, 0.25) is 0 Å². The highest BCUT2D eigenvalue weighted by molar-refractivity contribution is 5.67. The van der Waals surface area contributed by atoms with Crippen LogP contribution in [0.1, 0.15) is 26.2 Å². The maximum absolute atomic E-state index is 12.0. The summed E-state index contributed by atoms with van der Waals surface area (Å²) in [5.74, 6) is 0. The van der Waals surface area contributed by atoms with Crippen LogP contribution in [0.4, 0.5) is 0 Å². The van der Waals surface area contributed by atoms with Crippen molar-refractivity contribution in [2.45, 2.75) is 38.8 Å². The molecule has 2 aromatic rings. The second-order valence-corrected chi connectivity index (χ2v) is 4.36. The molecule has 0 aromatic carbocycles. The lowest BCUT2D eigenvalue weighted by atomic mass is 10.2. The van der Waals surface area contributed by atoms with Gasteiger partial charge in [-0.3, -0.25) is 14.3 Å². The van der Waals surface area contributed by atoms with Gasteiger partial charge in [0.15, 0.2) is 5.65 Å². The molecular formula is C11H16N4O3. The van der Waals surface area contributed by atoms with E-state index >= 15 is 0 Å². The summed E-state index contributed by atoms with van der Waals surface area (Å²) in [7, 11) is 0. The zero-order chi connectivity index (χ0) is 13.1. The summed E-state index contributed by atoms with van der Waals surface area (Å²) in [5.41, 5.74) is -0.213. The van der Waals surface area contributed by atoms with Gasteiger partial charge in [0.1, 0.15) is 5.52 Å². The Morgan fingerprint density at radius 2 is 2.22 bits per heavy atom. The van der Waals surface area contributed by atoms with Crippen LogP contribution in [-0.2, 0) is 6.54 Å². The predicted molar refractivity (Wildman–Crippen MR) is 66.5 cm³/mol. The summed E-state index contributed by atoms with van der Waals surface area (Å²) >= 11 is 0. The van der Waals surface area contributed by atoms with E-state index < -0.39 is 5.69 Å². The minimum absolute atomic E-state index is 0.283. The third-order valence-corrected chi connectivity index (χ3v) is 2.82. The van der Waals surface area contributed by atoms with Crippen LogP contribution in [0.5, 0.6) is 0 Å². The summed E-state index contributed by atoms with van der Waals surface area (Å²) in [6.07, 6.45) is 3.13. The van der Waals surface area contributed by atoms with Crippen LogP contribution in [-0.4, -0.2) is 30.7 Å². The summed E-state index contributed by atoms with van der Waals surface area (Å²) in [4.78, 5) is 32.7. The molecule has 0 fully saturated rings. The van der Waals surface area contributed by atoms with Crippen LogP contribution in [0.15, 0.2) is 15.9 Å². The fourth-order valence-corrected chi connectivity index (χ4v) is 1.86. The summed E-state index contributed by atoms with van der Waals surface area (Å²) in [6.45, 7) is 2.06. The molecule has 0 amide bonds. The number of aliphatic hydroxyl groups is 1. The molecule has 0 aliphatic rings. The molecule has 2 heterocycles. The van der Waals surface area contributed by atoms with E-state index in [4.69, 9.17) is 5.11 Å². The Bertz CT molecular complexity index is 638. The lowest BCUT2D eigenvalue weighted by molar-refractivity contribution is 0.180. The van der Waals surface area contributed by atoms with Crippen molar-refractivity contribution < 1.29 is 5.11 Å². The topological polar surface area (TPSA) is 104 Å². The van der Waals surface area contributed by atoms with E-state index in [-0.39, 0.29) is 17.3 Å². The molecule has 7 nitrogen and oxygen atoms in total. The van der Waals surface area contributed by atoms with Crippen molar-refractivity contribution in [3.05, 3.63) is 27.2 Å². The van der Waals surface area contributed by atoms with Gasteiger partial charge >= 0.3 is 5.69 Å². The van der Waals surface area contributed by atoms with Gasteiger partial charge < -0.3 is 10.1 Å². The SMILES string of the molecule is CC(O)CCCCn1c(=O)[nH]c2nc[nH]c2c1=O. The molecule has 0 saturated carbocycles. The quantitative estimate of drug-likeness (QED) is 0.650. The predicted octanol–water partition coefficient (Wildman–Crippen LogP) is -0.0360. The Labute approximate surface area is 102 Å². The lowest BCUT2D eigenvalue weighted by Crippen LogP contribution is -2.35. The van der Waals surface area contributed by atoms with Gasteiger partial charge in [0.05, 0.1) is 12.4 Å². The Morgan fingerprint density at radius 3 is 2.94 bits per heavy atom. The molecule has 98 valence electrons. The lowest BCUT2D eigenvalue weighted by Gasteiger charge is -2.05. The first-order valence-electron chi connectivity index (χ1n) is 5.94. The number of aliphatic hydroxyl groups excluding tert-OH is 1. The summed E-state index contributed by atoms with van der Waals surface area (Å²) in [5, 5.41) is 9.12. The van der Waals surface area contributed by atoms with Gasteiger partial charge in [0, 0.05) is 6.54 Å². The average molecular weight is 252 g/mol. The van der Waals surface area contributed by atoms with Crippen LogP contribution >= 0.6 is 0 Å². The molecule has 0 aliphatic heterocycles. The van der Waals surface area contributed by atoms with E-state index in [2.05, 4.69) is 15.0 Å². The second-order valence-electron chi connectivity index (χ2n) is 4.36. The van der Waals surface area contributed by atoms with E-state index in [0.717, 1.165) is 11.0 Å². The van der Waals surface area contributed by atoms with E-state index in [1.165, 1.54) is 6.33 Å². The molecule has 1 atom stereocenters. The number of aromatic amines is 2. The van der Waals surface area contributed by atoms with Crippen LogP contribution < -0.4 is 11.2 Å². The minimum Gasteiger partial charge on any atom is -0.393 e. The van der Waals surface area contributed by atoms with Gasteiger partial charge in [-0.15, -0.1) is 0 Å². The van der Waals surface area contributed by atoms with Crippen LogP contribution in [0, 0.1) is 0 Å². The Balaban J connectivity index is 2.17. The first-order valence-corrected chi connectivity index (χ1v) is 5.94. The highest BCUT2D eigenvalue weighted by Crippen LogP contribution is 2.01. The van der Waals surface area contributed by atoms with Gasteiger partial charge in [-0.1, -0.05) is 0 Å². The van der Waals surface area contributed by atoms with Gasteiger partial charge in [-0.25, -0.2) is 9.78 Å². The fourth-order valence-electron chi connectivity index (χ4n) is 1.86. The molecule has 3 N–H and O–H groups in total. The standard InChI is InChI=1S/C11H16N4O3/c1-7(16)4-2-3-5-15-10(17)8-9(13-6-12-8)14-11(15)18/h6-7,16H,2-5H2,1H3,(H,12,13)(H,14,18). The molecule has 2 aromatic heterocycles. The Morgan fingerprint density at radius 1 is 1.44 bits per heavy atom. The Kier molecular flexibility index (Phi) is 3.61. The summed E-state index contributed by atoms with van der Waals surface area (Å²) < 4.78 is 1.16. The number of aromatic nitrogens is 4. The number of imidazole rings is 1. The number of hydrogen-bond donors (Lipinski definition) is 3. The zero-order valence-corrected chi connectivity index (χ0v) is 10.1. The van der Waals surface area contributed by atoms with Gasteiger partial charge in [-0.2, -0.15) is 0 Å². The normalized spacial score (nSPS) is 13.0. The first kappa shape index (κ1) is 12.6. The van der Waals surface area contributed by atoms with Gasteiger partial charge in [-0.05, 0) is 26.2 Å². The molecule has 1 unspecified atom stereocenters. The zero-order valence-electron chi connectivity index (χ0n) is 10.1. The smallest absolute Gasteiger partial charge is 0.330 e. The molecule has 0 saturated heterocycles. The first-order chi connectivity index (χ1) is 8.59. The largest absolute Gasteiger partial charge is 0.393 e. The number of nitrogens with one attached hydrogen (secondary N) is 2. The van der Waals surface area contributed by atoms with Crippen molar-refractivity contribution >= 4 is 11.2 Å². The number of hydrogen-bond acceptors (Lipinski definition) is 4. The minimum atomic E-state index is -0.448. The van der Waals surface area contributed by atoms with Crippen LogP contribution in [0.3, 0.4) is 0 Å². The third-order valence-electron chi connectivity index (χ3n) is 2.82. The van der Waals surface area contributed by atoms with E-state index in [0.29, 0.717) is 24.9 Å². The van der Waals surface area contributed by atoms with Crippen molar-refractivity contribution in [2.75, 3.05) is 0 Å². The van der Waals surface area contributed by atoms with Gasteiger partial charge in [0.25, 0.3) is 5.56 Å². The molecule has 0 spiro atoms. The van der Waals surface area contributed by atoms with Crippen LogP contribution in [0.25, 0.3) is 11.2 Å². The molecule has 2 rings (SSSR count). The van der Waals surface area contributed by atoms with Crippen molar-refractivity contribution in [3.8, 4) is 0 Å². The Hall–Kier alpha value is -1.89. The molecule has 7 heteroatoms. The highest BCUT2D eigenvalue weighted by Gasteiger charge is 2.08. The fraction of sp³-hybridized carbons (Fsp3) is 0.545. The highest BCUT2D eigenvalue weighted by atomic mass is 16.3. The number of rotatable bonds is 5. The molecule has 0 bridgehead atoms. The molecular weight excluding hydrogens is 236 g/mol. The third kappa shape index (κ3) is 2.51. The number of unbranched alkanes of at least 4 members (excludes halogenated alkanes) is 1. The van der Waals surface area contributed by atoms with E-state index in [1.807, 2.05) is 0 Å². The number of fused-ring (bicyclic) bond motifs is 1. The van der Waals surface area contributed by atoms with Crippen molar-refractivity contribution in [3.63, 3.8) is 0 Å². The van der Waals surface area contributed by atoms with E-state index in [9.17, 15) is 9.59 Å². The average Bonchev–Trinajstić information content (AvgIpc) is 2.75. The monoisotopic (exact) mass is 252 g/mol. The van der Waals surface area contributed by atoms with E-state index in [1.54, 1.807) is 6.92 Å². The maximum atomic E-state index is 12.0. The van der Waals surface area contributed by atoms with Crippen molar-refractivity contribution in [1.82, 2.24) is 19.5 Å². The van der Waals surface area contributed by atoms with Crippen LogP contribution in [0.2, 0.25) is 0 Å². The van der Waals surface area contributed by atoms with Crippen molar-refractivity contribution in [2.24, 2.45) is 0 Å². The number of H-pyrrole nitrogens is 2. The number of nitrogens with zero attached hydrogens (tertiary/aromatic N) is 2. The molecule has 18 heavy (non-hydrogen) atoms.